The summed E-state index contributed by atoms with van der Waals surface area (Å²) in [6.07, 6.45) is 3.83. The number of ether oxygens (including phenoxy) is 2. The summed E-state index contributed by atoms with van der Waals surface area (Å²) in [6.45, 7) is 6.86. The molecular weight excluding hydrogens is 330 g/mol. The van der Waals surface area contributed by atoms with Gasteiger partial charge < -0.3 is 14.8 Å². The van der Waals surface area contributed by atoms with Crippen LogP contribution in [0.2, 0.25) is 0 Å². The van der Waals surface area contributed by atoms with Crippen LogP contribution in [0.3, 0.4) is 0 Å². The van der Waals surface area contributed by atoms with Crippen LogP contribution in [0.25, 0.3) is 0 Å². The maximum Gasteiger partial charge on any atom is 0.133 e. The van der Waals surface area contributed by atoms with Crippen molar-refractivity contribution in [1.29, 1.82) is 0 Å². The Balaban J connectivity index is 1.92. The minimum atomic E-state index is 0.162. The lowest BCUT2D eigenvalue weighted by atomic mass is 9.81. The minimum Gasteiger partial charge on any atom is -0.490 e. The van der Waals surface area contributed by atoms with Crippen LogP contribution in [-0.2, 0) is 10.2 Å². The second-order valence-electron chi connectivity index (χ2n) is 6.35. The number of nitrogens with one attached hydrogen (secondary N) is 1. The molecule has 1 aromatic rings. The predicted octanol–water partition coefficient (Wildman–Crippen LogP) is 3.89. The molecule has 0 aliphatic heterocycles. The van der Waals surface area contributed by atoms with Gasteiger partial charge in [0.2, 0.25) is 0 Å². The summed E-state index contributed by atoms with van der Waals surface area (Å²) < 4.78 is 11.7. The number of halogens is 1. The summed E-state index contributed by atoms with van der Waals surface area (Å²) >= 11 is 3.61. The van der Waals surface area contributed by atoms with Crippen LogP contribution in [0.1, 0.15) is 38.7 Å². The van der Waals surface area contributed by atoms with E-state index in [1.807, 2.05) is 6.07 Å². The highest BCUT2D eigenvalue weighted by molar-refractivity contribution is 9.10. The Morgan fingerprint density at radius 1 is 1.29 bits per heavy atom. The lowest BCUT2D eigenvalue weighted by Crippen LogP contribution is -2.26. The molecule has 1 aromatic carbocycles. The molecule has 0 atom stereocenters. The molecule has 118 valence electrons. The highest BCUT2D eigenvalue weighted by atomic mass is 79.9. The van der Waals surface area contributed by atoms with Crippen LogP contribution in [-0.4, -0.2) is 32.9 Å². The van der Waals surface area contributed by atoms with Crippen molar-refractivity contribution in [2.75, 3.05) is 26.9 Å². The van der Waals surface area contributed by atoms with Gasteiger partial charge in [-0.15, -0.1) is 0 Å². The Morgan fingerprint density at radius 3 is 2.67 bits per heavy atom. The molecule has 3 nitrogen and oxygen atoms in total. The second kappa shape index (κ2) is 7.61. The molecule has 0 radical (unpaired) electrons. The van der Waals surface area contributed by atoms with Gasteiger partial charge in [0.1, 0.15) is 12.4 Å². The minimum absolute atomic E-state index is 0.162. The van der Waals surface area contributed by atoms with E-state index in [-0.39, 0.29) is 5.41 Å². The number of methoxy groups -OCH3 is 1. The molecule has 0 aromatic heterocycles. The van der Waals surface area contributed by atoms with Gasteiger partial charge in [-0.25, -0.2) is 0 Å². The molecule has 2 rings (SSSR count). The summed E-state index contributed by atoms with van der Waals surface area (Å²) in [7, 11) is 1.68. The molecule has 1 aliphatic rings. The largest absolute Gasteiger partial charge is 0.490 e. The Morgan fingerprint density at radius 2 is 2.05 bits per heavy atom. The van der Waals surface area contributed by atoms with Crippen LogP contribution >= 0.6 is 15.9 Å². The van der Waals surface area contributed by atoms with Gasteiger partial charge in [0, 0.05) is 13.2 Å². The standard InChI is InChI=1S/C17H26BrNO2/c1-17(2,8-9-19-14-5-6-14)13-4-7-16(15(18)12-13)21-11-10-20-3/h4,7,12,14,19H,5-6,8-11H2,1-3H3. The third kappa shape index (κ3) is 5.28. The summed E-state index contributed by atoms with van der Waals surface area (Å²) in [6, 6.07) is 7.18. The van der Waals surface area contributed by atoms with E-state index in [2.05, 4.69) is 47.2 Å². The molecule has 0 saturated heterocycles. The smallest absolute Gasteiger partial charge is 0.133 e. The molecule has 1 saturated carbocycles. The molecule has 0 unspecified atom stereocenters. The number of benzene rings is 1. The van der Waals surface area contributed by atoms with Crippen molar-refractivity contribution in [2.45, 2.75) is 44.6 Å². The highest BCUT2D eigenvalue weighted by Crippen LogP contribution is 2.33. The van der Waals surface area contributed by atoms with Crippen molar-refractivity contribution < 1.29 is 9.47 Å². The van der Waals surface area contributed by atoms with Crippen molar-refractivity contribution in [3.63, 3.8) is 0 Å². The monoisotopic (exact) mass is 355 g/mol. The van der Waals surface area contributed by atoms with E-state index in [9.17, 15) is 0 Å². The molecule has 4 heteroatoms. The number of hydrogen-bond donors (Lipinski definition) is 1. The van der Waals surface area contributed by atoms with Gasteiger partial charge in [-0.1, -0.05) is 19.9 Å². The fourth-order valence-electron chi connectivity index (χ4n) is 2.29. The first-order valence-electron chi connectivity index (χ1n) is 7.68. The zero-order valence-electron chi connectivity index (χ0n) is 13.2. The molecule has 0 heterocycles. The Kier molecular flexibility index (Phi) is 6.08. The van der Waals surface area contributed by atoms with Gasteiger partial charge in [0.05, 0.1) is 11.1 Å². The first-order valence-corrected chi connectivity index (χ1v) is 8.47. The first-order chi connectivity index (χ1) is 10.0. The molecular formula is C17H26BrNO2. The van der Waals surface area contributed by atoms with E-state index < -0.39 is 0 Å². The van der Waals surface area contributed by atoms with Crippen LogP contribution in [0, 0.1) is 0 Å². The number of hydrogen-bond acceptors (Lipinski definition) is 3. The van der Waals surface area contributed by atoms with Gasteiger partial charge in [0.25, 0.3) is 0 Å². The van der Waals surface area contributed by atoms with Crippen molar-refractivity contribution in [3.05, 3.63) is 28.2 Å². The van der Waals surface area contributed by atoms with Crippen LogP contribution in [0.5, 0.6) is 5.75 Å². The van der Waals surface area contributed by atoms with Crippen LogP contribution in [0.4, 0.5) is 0 Å². The van der Waals surface area contributed by atoms with E-state index in [1.165, 1.54) is 18.4 Å². The van der Waals surface area contributed by atoms with Crippen LogP contribution in [0.15, 0.2) is 22.7 Å². The SMILES string of the molecule is COCCOc1ccc(C(C)(C)CCNC2CC2)cc1Br. The van der Waals surface area contributed by atoms with Crippen molar-refractivity contribution in [3.8, 4) is 5.75 Å². The third-order valence-corrected chi connectivity index (χ3v) is 4.64. The zero-order chi connectivity index (χ0) is 15.3. The third-order valence-electron chi connectivity index (χ3n) is 4.02. The van der Waals surface area contributed by atoms with E-state index in [4.69, 9.17) is 9.47 Å². The zero-order valence-corrected chi connectivity index (χ0v) is 14.8. The van der Waals surface area contributed by atoms with Crippen molar-refractivity contribution >= 4 is 15.9 Å². The quantitative estimate of drug-likeness (QED) is 0.681. The molecule has 1 aliphatic carbocycles. The van der Waals surface area contributed by atoms with E-state index in [0.29, 0.717) is 13.2 Å². The summed E-state index contributed by atoms with van der Waals surface area (Å²) in [4.78, 5) is 0. The Bertz CT molecular complexity index is 458. The Labute approximate surface area is 136 Å². The lowest BCUT2D eigenvalue weighted by Gasteiger charge is -2.26. The summed E-state index contributed by atoms with van der Waals surface area (Å²) in [5.74, 6) is 0.878. The van der Waals surface area contributed by atoms with Gasteiger partial charge >= 0.3 is 0 Å². The molecule has 0 bridgehead atoms. The molecule has 1 fully saturated rings. The molecule has 0 spiro atoms. The van der Waals surface area contributed by atoms with Crippen LogP contribution < -0.4 is 10.1 Å². The van der Waals surface area contributed by atoms with E-state index in [0.717, 1.165) is 29.2 Å². The Hall–Kier alpha value is -0.580. The van der Waals surface area contributed by atoms with Gasteiger partial charge in [0.15, 0.2) is 0 Å². The highest BCUT2D eigenvalue weighted by Gasteiger charge is 2.24. The fraction of sp³-hybridized carbons (Fsp3) is 0.647. The van der Waals surface area contributed by atoms with Gasteiger partial charge in [-0.2, -0.15) is 0 Å². The topological polar surface area (TPSA) is 30.5 Å². The maximum absolute atomic E-state index is 5.68. The lowest BCUT2D eigenvalue weighted by molar-refractivity contribution is 0.146. The maximum atomic E-state index is 5.68. The first kappa shape index (κ1) is 16.8. The summed E-state index contributed by atoms with van der Waals surface area (Å²) in [5.41, 5.74) is 1.50. The second-order valence-corrected chi connectivity index (χ2v) is 7.20. The van der Waals surface area contributed by atoms with Crippen molar-refractivity contribution in [1.82, 2.24) is 5.32 Å². The summed E-state index contributed by atoms with van der Waals surface area (Å²) in [5, 5.41) is 3.59. The molecule has 1 N–H and O–H groups in total. The van der Waals surface area contributed by atoms with Gasteiger partial charge in [-0.3, -0.25) is 0 Å². The van der Waals surface area contributed by atoms with E-state index in [1.54, 1.807) is 7.11 Å². The normalized spacial score (nSPS) is 15.2. The number of rotatable bonds is 9. The van der Waals surface area contributed by atoms with E-state index >= 15 is 0 Å². The van der Waals surface area contributed by atoms with Crippen molar-refractivity contribution in [2.24, 2.45) is 0 Å². The average molecular weight is 356 g/mol. The molecule has 21 heavy (non-hydrogen) atoms. The molecule has 0 amide bonds. The predicted molar refractivity (Wildman–Crippen MR) is 90.2 cm³/mol. The fourth-order valence-corrected chi connectivity index (χ4v) is 2.79. The van der Waals surface area contributed by atoms with Gasteiger partial charge in [-0.05, 0) is 64.8 Å². The average Bonchev–Trinajstić information content (AvgIpc) is 3.24.